The molecule has 8 bridgehead atoms. The van der Waals surface area contributed by atoms with Gasteiger partial charge in [0.05, 0.1) is 44.2 Å². The number of esters is 1. The molecule has 0 amide bonds. The first kappa shape index (κ1) is 26.4. The van der Waals surface area contributed by atoms with Crippen LogP contribution in [0, 0.1) is 40.4 Å². The summed E-state index contributed by atoms with van der Waals surface area (Å²) in [5.74, 6) is -0.113. The van der Waals surface area contributed by atoms with Gasteiger partial charge in [-0.3, -0.25) is 0 Å². The minimum atomic E-state index is -0.826. The highest BCUT2D eigenvalue weighted by molar-refractivity contribution is 5.89. The number of fused-ring (bicyclic) bond motifs is 1. The van der Waals surface area contributed by atoms with Crippen LogP contribution in [-0.4, -0.2) is 67.7 Å². The first-order valence-corrected chi connectivity index (χ1v) is 15.2. The summed E-state index contributed by atoms with van der Waals surface area (Å²) in [6.07, 6.45) is 4.24. The van der Waals surface area contributed by atoms with Gasteiger partial charge in [0.1, 0.15) is 12.2 Å². The van der Waals surface area contributed by atoms with Crippen LogP contribution in [0.1, 0.15) is 69.7 Å². The lowest BCUT2D eigenvalue weighted by atomic mass is 9.42. The van der Waals surface area contributed by atoms with E-state index in [4.69, 9.17) is 23.7 Å². The number of aliphatic hydroxyl groups excluding tert-OH is 1. The maximum Gasteiger partial charge on any atom is 0.338 e. The van der Waals surface area contributed by atoms with Crippen LogP contribution in [0.2, 0.25) is 0 Å². The maximum absolute atomic E-state index is 13.5. The fourth-order valence-corrected chi connectivity index (χ4v) is 10.5. The Morgan fingerprint density at radius 3 is 2.41 bits per heavy atom. The Balaban J connectivity index is 1.33. The summed E-state index contributed by atoms with van der Waals surface area (Å²) in [6, 6.07) is 9.32. The fourth-order valence-electron chi connectivity index (χ4n) is 10.5. The molecule has 39 heavy (non-hydrogen) atoms. The highest BCUT2D eigenvalue weighted by Crippen LogP contribution is 2.69. The second kappa shape index (κ2) is 9.52. The average molecular weight is 541 g/mol. The third-order valence-corrected chi connectivity index (χ3v) is 12.1. The molecule has 5 aliphatic heterocycles. The van der Waals surface area contributed by atoms with Crippen LogP contribution in [0.5, 0.6) is 0 Å². The van der Waals surface area contributed by atoms with Crippen LogP contribution in [0.15, 0.2) is 30.3 Å². The first-order valence-electron chi connectivity index (χ1n) is 15.2. The number of hydrogen-bond acceptors (Lipinski definition) is 7. The van der Waals surface area contributed by atoms with Crippen molar-refractivity contribution in [1.29, 1.82) is 0 Å². The van der Waals surface area contributed by atoms with E-state index in [1.54, 1.807) is 0 Å². The fraction of sp³-hybridized carbons (Fsp3) is 0.781. The minimum Gasteiger partial charge on any atom is -0.458 e. The lowest BCUT2D eigenvalue weighted by Crippen LogP contribution is -2.69. The third-order valence-electron chi connectivity index (χ3n) is 12.1. The molecule has 7 heteroatoms. The van der Waals surface area contributed by atoms with Crippen molar-refractivity contribution in [3.8, 4) is 0 Å². The minimum absolute atomic E-state index is 0.0179. The molecule has 1 aromatic carbocycles. The van der Waals surface area contributed by atoms with Gasteiger partial charge < -0.3 is 28.8 Å². The van der Waals surface area contributed by atoms with Gasteiger partial charge in [-0.05, 0) is 85.7 Å². The molecule has 5 saturated heterocycles. The zero-order chi connectivity index (χ0) is 27.0. The number of carbonyl (C=O) groups excluding carboxylic acids is 1. The molecule has 12 atom stereocenters. The standard InChI is InChI=1S/C32H44O7/c1-19-22-9-10-23-27-25(39-29(34)20-7-5-4-6-8-20)15-21-16-32(37-13-11-35-19)26(36-12-14-38-32)18-30(21,2)28(27)24(33)17-31(22,23)3/h4-8,19,21-28,33H,9-18H2,1-3H3/t19?,21-,22-,23-,24-,25+,26?,27-,28?,30+,31-,32?/m1/s1. The van der Waals surface area contributed by atoms with Crippen molar-refractivity contribution in [2.45, 2.75) is 89.5 Å². The molecule has 214 valence electrons. The topological polar surface area (TPSA) is 83.5 Å². The maximum atomic E-state index is 13.5. The summed E-state index contributed by atoms with van der Waals surface area (Å²) in [5.41, 5.74) is 0.340. The molecular formula is C32H44O7. The van der Waals surface area contributed by atoms with Gasteiger partial charge in [0.15, 0.2) is 5.79 Å². The van der Waals surface area contributed by atoms with Crippen molar-refractivity contribution in [2.75, 3.05) is 26.4 Å². The third kappa shape index (κ3) is 3.98. The highest BCUT2D eigenvalue weighted by atomic mass is 16.7. The van der Waals surface area contributed by atoms with Gasteiger partial charge in [0.2, 0.25) is 0 Å². The number of aliphatic hydroxyl groups is 1. The number of benzene rings is 1. The SMILES string of the molecule is CC1OCCOC23C[C@H]4C[C@H](OC(=O)c5ccccc5)[C@@H]5C([C@H](O)C[C@]6(C)[C@@H]1CC[C@H]56)[C@@]4(C)CC2OCCO3. The molecule has 4 saturated carbocycles. The van der Waals surface area contributed by atoms with Crippen molar-refractivity contribution >= 4 is 5.97 Å². The number of carbonyl (C=O) groups is 1. The summed E-state index contributed by atoms with van der Waals surface area (Å²) >= 11 is 0. The van der Waals surface area contributed by atoms with Crippen molar-refractivity contribution < 1.29 is 33.6 Å². The van der Waals surface area contributed by atoms with E-state index in [0.717, 1.165) is 32.1 Å². The van der Waals surface area contributed by atoms with Crippen LogP contribution in [0.4, 0.5) is 0 Å². The molecule has 7 nitrogen and oxygen atoms in total. The van der Waals surface area contributed by atoms with Crippen LogP contribution in [0.3, 0.4) is 0 Å². The lowest BCUT2D eigenvalue weighted by molar-refractivity contribution is -0.368. The summed E-state index contributed by atoms with van der Waals surface area (Å²) < 4.78 is 32.3. The van der Waals surface area contributed by atoms with Crippen LogP contribution in [0.25, 0.3) is 0 Å². The predicted octanol–water partition coefficient (Wildman–Crippen LogP) is 4.61. The van der Waals surface area contributed by atoms with E-state index in [1.807, 2.05) is 30.3 Å². The molecule has 4 aliphatic carbocycles. The van der Waals surface area contributed by atoms with E-state index in [0.29, 0.717) is 50.2 Å². The molecule has 1 spiro atoms. The van der Waals surface area contributed by atoms with Crippen molar-refractivity contribution in [3.63, 3.8) is 0 Å². The monoisotopic (exact) mass is 540 g/mol. The summed E-state index contributed by atoms with van der Waals surface area (Å²) in [5, 5.41) is 12.1. The summed E-state index contributed by atoms with van der Waals surface area (Å²) in [4.78, 5) is 13.5. The van der Waals surface area contributed by atoms with Crippen molar-refractivity contribution in [1.82, 2.24) is 0 Å². The summed E-state index contributed by atoms with van der Waals surface area (Å²) in [7, 11) is 0. The molecule has 0 aromatic heterocycles. The van der Waals surface area contributed by atoms with Gasteiger partial charge in [-0.2, -0.15) is 0 Å². The van der Waals surface area contributed by atoms with Crippen molar-refractivity contribution in [3.05, 3.63) is 35.9 Å². The Morgan fingerprint density at radius 1 is 0.923 bits per heavy atom. The van der Waals surface area contributed by atoms with Gasteiger partial charge in [-0.1, -0.05) is 32.0 Å². The van der Waals surface area contributed by atoms with Gasteiger partial charge in [-0.15, -0.1) is 0 Å². The van der Waals surface area contributed by atoms with Crippen LogP contribution < -0.4 is 0 Å². The normalized spacial score (nSPS) is 50.8. The highest BCUT2D eigenvalue weighted by Gasteiger charge is 2.69. The van der Waals surface area contributed by atoms with E-state index in [-0.39, 0.29) is 52.9 Å². The Bertz CT molecular complexity index is 1080. The zero-order valence-corrected chi connectivity index (χ0v) is 23.6. The number of rotatable bonds is 2. The van der Waals surface area contributed by atoms with Gasteiger partial charge in [0.25, 0.3) is 0 Å². The second-order valence-corrected chi connectivity index (χ2v) is 13.8. The number of ether oxygens (including phenoxy) is 5. The smallest absolute Gasteiger partial charge is 0.338 e. The molecule has 0 radical (unpaired) electrons. The Hall–Kier alpha value is -1.51. The molecule has 9 fully saturated rings. The Labute approximate surface area is 231 Å². The van der Waals surface area contributed by atoms with Gasteiger partial charge in [0, 0.05) is 12.3 Å². The average Bonchev–Trinajstić information content (AvgIpc) is 3.26. The molecule has 4 unspecified atom stereocenters. The first-order chi connectivity index (χ1) is 18.8. The lowest BCUT2D eigenvalue weighted by Gasteiger charge is -2.66. The molecule has 1 aromatic rings. The molecule has 5 heterocycles. The van der Waals surface area contributed by atoms with E-state index >= 15 is 0 Å². The van der Waals surface area contributed by atoms with E-state index < -0.39 is 11.9 Å². The summed E-state index contributed by atoms with van der Waals surface area (Å²) in [6.45, 7) is 8.95. The Kier molecular flexibility index (Phi) is 6.44. The zero-order valence-electron chi connectivity index (χ0n) is 23.6. The quantitative estimate of drug-likeness (QED) is 0.549. The van der Waals surface area contributed by atoms with E-state index in [9.17, 15) is 9.90 Å². The number of hydrogen-bond donors (Lipinski definition) is 1. The molecule has 10 rings (SSSR count). The molecule has 1 N–H and O–H groups in total. The molecule has 9 aliphatic rings. The second-order valence-electron chi connectivity index (χ2n) is 13.8. The molecular weight excluding hydrogens is 496 g/mol. The van der Waals surface area contributed by atoms with Crippen molar-refractivity contribution in [2.24, 2.45) is 40.4 Å². The van der Waals surface area contributed by atoms with E-state index in [2.05, 4.69) is 20.8 Å². The largest absolute Gasteiger partial charge is 0.458 e. The van der Waals surface area contributed by atoms with Crippen LogP contribution >= 0.6 is 0 Å². The van der Waals surface area contributed by atoms with Gasteiger partial charge in [-0.25, -0.2) is 4.79 Å². The van der Waals surface area contributed by atoms with Crippen LogP contribution in [-0.2, 0) is 23.7 Å². The predicted molar refractivity (Wildman–Crippen MR) is 143 cm³/mol. The van der Waals surface area contributed by atoms with E-state index in [1.165, 1.54) is 0 Å². The Morgan fingerprint density at radius 2 is 1.64 bits per heavy atom. The van der Waals surface area contributed by atoms with Gasteiger partial charge >= 0.3 is 5.97 Å².